The molecule has 0 heterocycles. The van der Waals surface area contributed by atoms with Gasteiger partial charge in [-0.1, -0.05) is 39.3 Å². The Hall–Kier alpha value is -0.100. The molecule has 0 aliphatic carbocycles. The zero-order valence-corrected chi connectivity index (χ0v) is 9.99. The molecular formula is C10H16P2. The van der Waals surface area contributed by atoms with Crippen LogP contribution in [0, 0.1) is 11.8 Å². The highest BCUT2D eigenvalue weighted by atomic mass is 31.1. The minimum Gasteiger partial charge on any atom is -0.0889 e. The molecule has 0 nitrogen and oxygen atoms in total. The largest absolute Gasteiger partial charge is 0.0889 e. The van der Waals surface area contributed by atoms with Gasteiger partial charge < -0.3 is 0 Å². The molecule has 0 saturated carbocycles. The topological polar surface area (TPSA) is 0 Å². The van der Waals surface area contributed by atoms with Gasteiger partial charge in [0.2, 0.25) is 0 Å². The second kappa shape index (κ2) is 7.54. The third-order valence-corrected chi connectivity index (χ3v) is 2.49. The van der Waals surface area contributed by atoms with Gasteiger partial charge in [-0.05, 0) is 38.8 Å². The van der Waals surface area contributed by atoms with E-state index in [1.165, 1.54) is 0 Å². The van der Waals surface area contributed by atoms with E-state index in [-0.39, 0.29) is 15.8 Å². The zero-order valence-electron chi connectivity index (χ0n) is 8.20. The Labute approximate surface area is 78.6 Å². The van der Waals surface area contributed by atoms with Crippen LogP contribution in [0.4, 0.5) is 0 Å². The van der Waals surface area contributed by atoms with E-state index in [1.54, 1.807) is 0 Å². The highest BCUT2D eigenvalue weighted by molar-refractivity contribution is 7.59. The van der Waals surface area contributed by atoms with Crippen LogP contribution in [0.15, 0.2) is 23.8 Å². The summed E-state index contributed by atoms with van der Waals surface area (Å²) in [5.41, 5.74) is 0. The van der Waals surface area contributed by atoms with Crippen LogP contribution in [0.1, 0.15) is 0 Å². The van der Waals surface area contributed by atoms with Gasteiger partial charge in [-0.25, -0.2) is 0 Å². The molecule has 0 fully saturated rings. The van der Waals surface area contributed by atoms with Crippen LogP contribution in [-0.4, -0.2) is 26.7 Å². The van der Waals surface area contributed by atoms with E-state index in [0.29, 0.717) is 0 Å². The van der Waals surface area contributed by atoms with E-state index < -0.39 is 0 Å². The van der Waals surface area contributed by atoms with Crippen LogP contribution in [0.3, 0.4) is 0 Å². The predicted octanol–water partition coefficient (Wildman–Crippen LogP) is 3.50. The maximum Gasteiger partial charge on any atom is -0.0111 e. The summed E-state index contributed by atoms with van der Waals surface area (Å²) in [5.74, 6) is 10.3. The molecule has 0 radical (unpaired) electrons. The summed E-state index contributed by atoms with van der Waals surface area (Å²) in [6.07, 6.45) is 3.90. The van der Waals surface area contributed by atoms with Crippen molar-refractivity contribution in [2.45, 2.75) is 0 Å². The second-order valence-corrected chi connectivity index (χ2v) is 7.30. The van der Waals surface area contributed by atoms with Gasteiger partial charge in [0.15, 0.2) is 0 Å². The molecule has 2 heteroatoms. The highest BCUT2D eigenvalue weighted by Gasteiger charge is 1.78. The van der Waals surface area contributed by atoms with Crippen LogP contribution < -0.4 is 0 Å². The van der Waals surface area contributed by atoms with Gasteiger partial charge in [0.1, 0.15) is 0 Å². The predicted molar refractivity (Wildman–Crippen MR) is 63.6 cm³/mol. The molecule has 0 aromatic carbocycles. The van der Waals surface area contributed by atoms with Crippen LogP contribution in [0.5, 0.6) is 0 Å². The molecule has 0 bridgehead atoms. The first kappa shape index (κ1) is 11.9. The summed E-state index contributed by atoms with van der Waals surface area (Å²) in [7, 11) is 0.126. The van der Waals surface area contributed by atoms with Crippen molar-refractivity contribution in [2.24, 2.45) is 0 Å². The van der Waals surface area contributed by atoms with E-state index in [1.807, 2.05) is 12.2 Å². The Balaban J connectivity index is 3.75. The third kappa shape index (κ3) is 9.90. The third-order valence-electron chi connectivity index (χ3n) is 0.995. The maximum absolute atomic E-state index is 2.98. The minimum absolute atomic E-state index is 0.0631. The lowest BCUT2D eigenvalue weighted by Gasteiger charge is -1.89. The molecule has 0 atom stereocenters. The monoisotopic (exact) mass is 198 g/mol. The molecule has 0 aliphatic heterocycles. The summed E-state index contributed by atoms with van der Waals surface area (Å²) >= 11 is 0. The molecule has 66 valence electrons. The Morgan fingerprint density at radius 2 is 1.08 bits per heavy atom. The van der Waals surface area contributed by atoms with Crippen LogP contribution in [0.2, 0.25) is 0 Å². The molecule has 0 saturated heterocycles. The molecule has 0 spiro atoms. The quantitative estimate of drug-likeness (QED) is 0.470. The lowest BCUT2D eigenvalue weighted by atomic mass is 10.5. The smallest absolute Gasteiger partial charge is 0.0111 e. The average Bonchev–Trinajstić information content (AvgIpc) is 1.95. The highest BCUT2D eigenvalue weighted by Crippen LogP contribution is 2.25. The van der Waals surface area contributed by atoms with E-state index in [0.717, 1.165) is 0 Å². The summed E-state index contributed by atoms with van der Waals surface area (Å²) in [6, 6.07) is 0. The summed E-state index contributed by atoms with van der Waals surface area (Å²) in [5, 5.41) is 0. The summed E-state index contributed by atoms with van der Waals surface area (Å²) < 4.78 is 0. The Kier molecular flexibility index (Phi) is 7.48. The molecule has 0 unspecified atom stereocenters. The van der Waals surface area contributed by atoms with Gasteiger partial charge in [0.05, 0.1) is 0 Å². The SMILES string of the molecule is CP(C)/C=C/C#C/C=C/P(C)C. The zero-order chi connectivity index (χ0) is 9.40. The molecule has 12 heavy (non-hydrogen) atoms. The maximum atomic E-state index is 2.98. The van der Waals surface area contributed by atoms with Crippen molar-refractivity contribution in [3.05, 3.63) is 23.8 Å². The number of rotatable bonds is 2. The Morgan fingerprint density at radius 1 is 0.750 bits per heavy atom. The normalized spacial score (nSPS) is 11.5. The first-order valence-corrected chi connectivity index (χ1v) is 8.41. The van der Waals surface area contributed by atoms with Crippen LogP contribution in [0.25, 0.3) is 0 Å². The first-order chi connectivity index (χ1) is 5.63. The van der Waals surface area contributed by atoms with E-state index in [9.17, 15) is 0 Å². The van der Waals surface area contributed by atoms with Crippen molar-refractivity contribution >= 4 is 15.8 Å². The summed E-state index contributed by atoms with van der Waals surface area (Å²) in [6.45, 7) is 8.84. The van der Waals surface area contributed by atoms with Crippen molar-refractivity contribution in [1.29, 1.82) is 0 Å². The standard InChI is InChI=1S/C10H16P2/c1-11(2)9-7-5-6-8-10-12(3)4/h7-10H,1-4H3/b9-7+,10-8+. The average molecular weight is 198 g/mol. The minimum atomic E-state index is 0.0631. The van der Waals surface area contributed by atoms with Gasteiger partial charge >= 0.3 is 0 Å². The molecule has 0 aliphatic rings. The molecule has 0 aromatic heterocycles. The molecule has 0 rings (SSSR count). The van der Waals surface area contributed by atoms with Gasteiger partial charge in [-0.3, -0.25) is 0 Å². The lowest BCUT2D eigenvalue weighted by molar-refractivity contribution is 2.10. The van der Waals surface area contributed by atoms with Gasteiger partial charge in [0, 0.05) is 0 Å². The van der Waals surface area contributed by atoms with Crippen molar-refractivity contribution in [3.63, 3.8) is 0 Å². The van der Waals surface area contributed by atoms with Gasteiger partial charge in [-0.2, -0.15) is 0 Å². The van der Waals surface area contributed by atoms with Gasteiger partial charge in [-0.15, -0.1) is 0 Å². The number of hydrogen-bond donors (Lipinski definition) is 0. The molecule has 0 aromatic rings. The first-order valence-electron chi connectivity index (χ1n) is 3.80. The lowest BCUT2D eigenvalue weighted by Crippen LogP contribution is -1.57. The Morgan fingerprint density at radius 3 is 1.33 bits per heavy atom. The van der Waals surface area contributed by atoms with E-state index >= 15 is 0 Å². The van der Waals surface area contributed by atoms with E-state index in [2.05, 4.69) is 50.1 Å². The fourth-order valence-electron chi connectivity index (χ4n) is 0.469. The van der Waals surface area contributed by atoms with Crippen molar-refractivity contribution < 1.29 is 0 Å². The van der Waals surface area contributed by atoms with Crippen molar-refractivity contribution in [3.8, 4) is 11.8 Å². The van der Waals surface area contributed by atoms with Crippen molar-refractivity contribution in [2.75, 3.05) is 26.7 Å². The van der Waals surface area contributed by atoms with Gasteiger partial charge in [0.25, 0.3) is 0 Å². The molecule has 0 N–H and O–H groups in total. The fourth-order valence-corrected chi connectivity index (χ4v) is 1.21. The van der Waals surface area contributed by atoms with Crippen LogP contribution in [-0.2, 0) is 0 Å². The number of hydrogen-bond acceptors (Lipinski definition) is 0. The summed E-state index contributed by atoms with van der Waals surface area (Å²) in [4.78, 5) is 0. The second-order valence-electron chi connectivity index (χ2n) is 2.85. The molecular weight excluding hydrogens is 182 g/mol. The fraction of sp³-hybridized carbons (Fsp3) is 0.400. The van der Waals surface area contributed by atoms with Crippen molar-refractivity contribution in [1.82, 2.24) is 0 Å². The Bertz CT molecular complexity index is 192. The van der Waals surface area contributed by atoms with Crippen LogP contribution >= 0.6 is 15.8 Å². The van der Waals surface area contributed by atoms with E-state index in [4.69, 9.17) is 0 Å². The number of allylic oxidation sites excluding steroid dienone is 2. The molecule has 0 amide bonds.